The van der Waals surface area contributed by atoms with Crippen LogP contribution < -0.4 is 4.90 Å². The van der Waals surface area contributed by atoms with E-state index in [0.717, 1.165) is 5.56 Å². The lowest BCUT2D eigenvalue weighted by Crippen LogP contribution is -2.37. The second-order valence-corrected chi connectivity index (χ2v) is 6.57. The molecule has 0 bridgehead atoms. The van der Waals surface area contributed by atoms with Gasteiger partial charge in [0.2, 0.25) is 0 Å². The van der Waals surface area contributed by atoms with E-state index in [1.807, 2.05) is 49.3 Å². The van der Waals surface area contributed by atoms with Crippen LogP contribution in [-0.4, -0.2) is 43.1 Å². The van der Waals surface area contributed by atoms with E-state index in [-0.39, 0.29) is 11.7 Å². The van der Waals surface area contributed by atoms with Crippen molar-refractivity contribution >= 4 is 11.6 Å². The molecular formula is C21H22FN3O2. The van der Waals surface area contributed by atoms with Gasteiger partial charge in [-0.05, 0) is 39.2 Å². The maximum atomic E-state index is 13.8. The van der Waals surface area contributed by atoms with E-state index >= 15 is 0 Å². The molecule has 3 rings (SSSR count). The smallest absolute Gasteiger partial charge is 0.264 e. The molecule has 0 aliphatic heterocycles. The summed E-state index contributed by atoms with van der Waals surface area (Å²) in [5, 5.41) is 4.09. The first kappa shape index (κ1) is 18.8. The molecule has 0 aliphatic carbocycles. The summed E-state index contributed by atoms with van der Waals surface area (Å²) in [6, 6.07) is 15.4. The number of benzene rings is 2. The van der Waals surface area contributed by atoms with Crippen LogP contribution in [0.25, 0.3) is 11.3 Å². The van der Waals surface area contributed by atoms with Crippen molar-refractivity contribution in [2.75, 3.05) is 32.1 Å². The highest BCUT2D eigenvalue weighted by molar-refractivity contribution is 6.10. The zero-order chi connectivity index (χ0) is 19.4. The predicted molar refractivity (Wildman–Crippen MR) is 103 cm³/mol. The van der Waals surface area contributed by atoms with Crippen molar-refractivity contribution in [3.8, 4) is 11.3 Å². The Morgan fingerprint density at radius 2 is 1.81 bits per heavy atom. The van der Waals surface area contributed by atoms with E-state index in [4.69, 9.17) is 4.52 Å². The van der Waals surface area contributed by atoms with Crippen LogP contribution in [0.5, 0.6) is 0 Å². The van der Waals surface area contributed by atoms with Gasteiger partial charge in [-0.25, -0.2) is 4.39 Å². The SMILES string of the molecule is Cc1onc(-c2ccccc2)c1C(=O)N(CCN(C)C)c1cccc(F)c1. The average molecular weight is 367 g/mol. The topological polar surface area (TPSA) is 49.6 Å². The molecule has 3 aromatic rings. The molecule has 0 atom stereocenters. The van der Waals surface area contributed by atoms with Gasteiger partial charge in [-0.1, -0.05) is 41.6 Å². The number of halogens is 1. The first-order valence-electron chi connectivity index (χ1n) is 8.71. The van der Waals surface area contributed by atoms with E-state index in [0.29, 0.717) is 35.8 Å². The number of nitrogens with zero attached hydrogens (tertiary/aromatic N) is 3. The minimum atomic E-state index is -0.388. The average Bonchev–Trinajstić information content (AvgIpc) is 3.04. The normalized spacial score (nSPS) is 11.0. The van der Waals surface area contributed by atoms with Gasteiger partial charge in [0.25, 0.3) is 5.91 Å². The lowest BCUT2D eigenvalue weighted by atomic mass is 10.0. The molecule has 0 radical (unpaired) electrons. The summed E-state index contributed by atoms with van der Waals surface area (Å²) in [7, 11) is 3.85. The summed E-state index contributed by atoms with van der Waals surface area (Å²) in [4.78, 5) is 17.0. The Bertz CT molecular complexity index is 922. The molecule has 2 aromatic carbocycles. The number of anilines is 1. The fourth-order valence-corrected chi connectivity index (χ4v) is 2.84. The van der Waals surface area contributed by atoms with Crippen molar-refractivity contribution < 1.29 is 13.7 Å². The van der Waals surface area contributed by atoms with Gasteiger partial charge in [0, 0.05) is 24.3 Å². The number of hydrogen-bond donors (Lipinski definition) is 0. The Morgan fingerprint density at radius 1 is 1.07 bits per heavy atom. The molecule has 140 valence electrons. The summed E-state index contributed by atoms with van der Waals surface area (Å²) in [5.41, 5.74) is 2.18. The van der Waals surface area contributed by atoms with E-state index in [9.17, 15) is 9.18 Å². The molecular weight excluding hydrogens is 345 g/mol. The third-order valence-corrected chi connectivity index (χ3v) is 4.26. The molecule has 1 aromatic heterocycles. The number of aryl methyl sites for hydroxylation is 1. The summed E-state index contributed by atoms with van der Waals surface area (Å²) < 4.78 is 19.1. The van der Waals surface area contributed by atoms with Crippen molar-refractivity contribution in [3.05, 3.63) is 71.7 Å². The minimum Gasteiger partial charge on any atom is -0.360 e. The minimum absolute atomic E-state index is 0.264. The van der Waals surface area contributed by atoms with Crippen molar-refractivity contribution in [1.29, 1.82) is 0 Å². The highest BCUT2D eigenvalue weighted by Gasteiger charge is 2.27. The maximum absolute atomic E-state index is 13.8. The van der Waals surface area contributed by atoms with Crippen LogP contribution >= 0.6 is 0 Å². The molecule has 0 saturated carbocycles. The highest BCUT2D eigenvalue weighted by atomic mass is 19.1. The van der Waals surface area contributed by atoms with Gasteiger partial charge < -0.3 is 14.3 Å². The lowest BCUT2D eigenvalue weighted by Gasteiger charge is -2.24. The molecule has 0 fully saturated rings. The Kier molecular flexibility index (Phi) is 5.66. The number of amides is 1. The van der Waals surface area contributed by atoms with Crippen LogP contribution in [0.1, 0.15) is 16.1 Å². The molecule has 0 aliphatic rings. The number of aromatic nitrogens is 1. The van der Waals surface area contributed by atoms with Crippen LogP contribution in [0.15, 0.2) is 59.1 Å². The largest absolute Gasteiger partial charge is 0.360 e. The molecule has 1 heterocycles. The number of likely N-dealkylation sites (N-methyl/N-ethyl adjacent to an activating group) is 1. The Hall–Kier alpha value is -2.99. The number of carbonyl (C=O) groups excluding carboxylic acids is 1. The van der Waals surface area contributed by atoms with Gasteiger partial charge in [-0.3, -0.25) is 4.79 Å². The number of rotatable bonds is 6. The van der Waals surface area contributed by atoms with Gasteiger partial charge in [0.1, 0.15) is 22.8 Å². The van der Waals surface area contributed by atoms with Gasteiger partial charge in [-0.2, -0.15) is 0 Å². The molecule has 6 heteroatoms. The summed E-state index contributed by atoms with van der Waals surface area (Å²) >= 11 is 0. The molecule has 27 heavy (non-hydrogen) atoms. The Balaban J connectivity index is 2.03. The van der Waals surface area contributed by atoms with E-state index in [2.05, 4.69) is 5.16 Å². The number of hydrogen-bond acceptors (Lipinski definition) is 4. The molecule has 0 unspecified atom stereocenters. The van der Waals surface area contributed by atoms with Crippen molar-refractivity contribution in [2.45, 2.75) is 6.92 Å². The monoisotopic (exact) mass is 367 g/mol. The molecule has 1 amide bonds. The predicted octanol–water partition coefficient (Wildman–Crippen LogP) is 4.00. The zero-order valence-electron chi connectivity index (χ0n) is 15.6. The Morgan fingerprint density at radius 3 is 2.48 bits per heavy atom. The molecule has 0 N–H and O–H groups in total. The van der Waals surface area contributed by atoms with Crippen molar-refractivity contribution in [3.63, 3.8) is 0 Å². The number of carbonyl (C=O) groups is 1. The molecule has 0 saturated heterocycles. The highest BCUT2D eigenvalue weighted by Crippen LogP contribution is 2.28. The standard InChI is InChI=1S/C21H22FN3O2/c1-15-19(20(23-27-15)16-8-5-4-6-9-16)21(26)25(13-12-24(2)3)18-11-7-10-17(22)14-18/h4-11,14H,12-13H2,1-3H3. The van der Waals surface area contributed by atoms with Crippen molar-refractivity contribution in [2.24, 2.45) is 0 Å². The first-order chi connectivity index (χ1) is 13.0. The van der Waals surface area contributed by atoms with Gasteiger partial charge in [0.05, 0.1) is 0 Å². The molecule has 5 nitrogen and oxygen atoms in total. The third kappa shape index (κ3) is 4.23. The summed E-state index contributed by atoms with van der Waals surface area (Å²) in [6.45, 7) is 2.75. The zero-order valence-corrected chi connectivity index (χ0v) is 15.6. The second kappa shape index (κ2) is 8.14. The lowest BCUT2D eigenvalue weighted by molar-refractivity contribution is 0.0984. The quantitative estimate of drug-likeness (QED) is 0.661. The van der Waals surface area contributed by atoms with Crippen molar-refractivity contribution in [1.82, 2.24) is 10.1 Å². The van der Waals surface area contributed by atoms with Gasteiger partial charge in [-0.15, -0.1) is 0 Å². The molecule has 0 spiro atoms. The van der Waals surface area contributed by atoms with Crippen LogP contribution in [0, 0.1) is 12.7 Å². The van der Waals surface area contributed by atoms with Gasteiger partial charge in [0.15, 0.2) is 0 Å². The van der Waals surface area contributed by atoms with Crippen LogP contribution in [0.3, 0.4) is 0 Å². The Labute approximate surface area is 158 Å². The first-order valence-corrected chi connectivity index (χ1v) is 8.71. The van der Waals surface area contributed by atoms with E-state index in [1.165, 1.54) is 12.1 Å². The van der Waals surface area contributed by atoms with Crippen LogP contribution in [0.2, 0.25) is 0 Å². The van der Waals surface area contributed by atoms with E-state index < -0.39 is 0 Å². The maximum Gasteiger partial charge on any atom is 0.264 e. The van der Waals surface area contributed by atoms with Crippen LogP contribution in [-0.2, 0) is 0 Å². The summed E-state index contributed by atoms with van der Waals surface area (Å²) in [5.74, 6) is -0.217. The second-order valence-electron chi connectivity index (χ2n) is 6.57. The van der Waals surface area contributed by atoms with Crippen LogP contribution in [0.4, 0.5) is 10.1 Å². The summed E-state index contributed by atoms with van der Waals surface area (Å²) in [6.07, 6.45) is 0. The van der Waals surface area contributed by atoms with Gasteiger partial charge >= 0.3 is 0 Å². The fraction of sp³-hybridized carbons (Fsp3) is 0.238. The van der Waals surface area contributed by atoms with E-state index in [1.54, 1.807) is 24.0 Å². The third-order valence-electron chi connectivity index (χ3n) is 4.26. The fourth-order valence-electron chi connectivity index (χ4n) is 2.84.